The molecule has 0 aliphatic carbocycles. The van der Waals surface area contributed by atoms with E-state index in [9.17, 15) is 4.39 Å². The largest absolute Gasteiger partial charge is 0.207 e. The van der Waals surface area contributed by atoms with E-state index in [1.54, 1.807) is 5.38 Å². The molecule has 0 spiro atoms. The lowest BCUT2D eigenvalue weighted by atomic mass is 10.2. The van der Waals surface area contributed by atoms with Crippen LogP contribution in [-0.2, 0) is 0 Å². The molecule has 0 radical (unpaired) electrons. The minimum atomic E-state index is -0.354. The summed E-state index contributed by atoms with van der Waals surface area (Å²) in [6, 6.07) is 2.68. The molecule has 0 aliphatic heterocycles. The van der Waals surface area contributed by atoms with Gasteiger partial charge in [-0.2, -0.15) is 0 Å². The van der Waals surface area contributed by atoms with Gasteiger partial charge >= 0.3 is 0 Å². The second-order valence-electron chi connectivity index (χ2n) is 2.35. The number of benzene rings is 1. The van der Waals surface area contributed by atoms with Crippen molar-refractivity contribution >= 4 is 44.6 Å². The lowest BCUT2D eigenvalue weighted by Gasteiger charge is -1.94. The van der Waals surface area contributed by atoms with Crippen LogP contribution in [0.15, 0.2) is 17.5 Å². The fraction of sp³-hybridized carbons (Fsp3) is 0. The molecular weight excluding hydrogens is 218 g/mol. The molecule has 62 valence electrons. The molecule has 0 unspecified atom stereocenters. The molecule has 0 bridgehead atoms. The normalized spacial score (nSPS) is 10.9. The van der Waals surface area contributed by atoms with Crippen molar-refractivity contribution in [3.63, 3.8) is 0 Å². The topological polar surface area (TPSA) is 0 Å². The van der Waals surface area contributed by atoms with Gasteiger partial charge in [0.05, 0.1) is 14.7 Å². The molecule has 4 heteroatoms. The van der Waals surface area contributed by atoms with E-state index in [0.717, 1.165) is 4.70 Å². The minimum Gasteiger partial charge on any atom is -0.207 e. The van der Waals surface area contributed by atoms with Crippen LogP contribution in [0.25, 0.3) is 10.1 Å². The second kappa shape index (κ2) is 2.87. The smallest absolute Gasteiger partial charge is 0.125 e. The Morgan fingerprint density at radius 3 is 2.67 bits per heavy atom. The van der Waals surface area contributed by atoms with E-state index in [4.69, 9.17) is 23.2 Å². The lowest BCUT2D eigenvalue weighted by molar-refractivity contribution is 0.630. The Morgan fingerprint density at radius 2 is 1.92 bits per heavy atom. The molecule has 0 fully saturated rings. The van der Waals surface area contributed by atoms with Gasteiger partial charge < -0.3 is 0 Å². The van der Waals surface area contributed by atoms with E-state index < -0.39 is 0 Å². The van der Waals surface area contributed by atoms with Crippen molar-refractivity contribution in [1.82, 2.24) is 0 Å². The lowest BCUT2D eigenvalue weighted by Crippen LogP contribution is -1.73. The van der Waals surface area contributed by atoms with Crippen LogP contribution in [0.4, 0.5) is 4.39 Å². The van der Waals surface area contributed by atoms with Crippen LogP contribution >= 0.6 is 34.5 Å². The predicted molar refractivity (Wildman–Crippen MR) is 51.8 cm³/mol. The van der Waals surface area contributed by atoms with E-state index >= 15 is 0 Å². The Morgan fingerprint density at radius 1 is 1.17 bits per heavy atom. The number of thiophene rings is 1. The van der Waals surface area contributed by atoms with Crippen molar-refractivity contribution in [2.24, 2.45) is 0 Å². The third-order valence-corrected chi connectivity index (χ3v) is 3.43. The van der Waals surface area contributed by atoms with Gasteiger partial charge in [-0.05, 0) is 12.1 Å². The molecule has 0 nitrogen and oxygen atoms in total. The van der Waals surface area contributed by atoms with Gasteiger partial charge in [-0.15, -0.1) is 11.3 Å². The zero-order valence-electron chi connectivity index (χ0n) is 5.77. The highest BCUT2D eigenvalue weighted by atomic mass is 35.5. The molecule has 1 aromatic heterocycles. The summed E-state index contributed by atoms with van der Waals surface area (Å²) in [6.07, 6.45) is 0. The summed E-state index contributed by atoms with van der Waals surface area (Å²) in [5.41, 5.74) is 0. The average Bonchev–Trinajstić information content (AvgIpc) is 2.33. The van der Waals surface area contributed by atoms with Crippen LogP contribution in [0.3, 0.4) is 0 Å². The molecule has 0 aliphatic rings. The highest BCUT2D eigenvalue weighted by molar-refractivity contribution is 7.18. The monoisotopic (exact) mass is 220 g/mol. The van der Waals surface area contributed by atoms with E-state index in [0.29, 0.717) is 15.4 Å². The Kier molecular flexibility index (Phi) is 1.99. The number of hydrogen-bond acceptors (Lipinski definition) is 1. The van der Waals surface area contributed by atoms with Gasteiger partial charge in [-0.25, -0.2) is 4.39 Å². The molecule has 1 aromatic carbocycles. The van der Waals surface area contributed by atoms with Crippen molar-refractivity contribution < 1.29 is 4.39 Å². The molecule has 0 amide bonds. The third kappa shape index (κ3) is 1.20. The Balaban J connectivity index is 2.92. The maximum absolute atomic E-state index is 12.8. The summed E-state index contributed by atoms with van der Waals surface area (Å²) in [7, 11) is 0. The van der Waals surface area contributed by atoms with Crippen molar-refractivity contribution in [3.05, 3.63) is 33.4 Å². The van der Waals surface area contributed by atoms with Crippen LogP contribution < -0.4 is 0 Å². The number of halogens is 3. The van der Waals surface area contributed by atoms with Crippen LogP contribution in [0, 0.1) is 5.82 Å². The van der Waals surface area contributed by atoms with E-state index in [2.05, 4.69) is 0 Å². The number of hydrogen-bond donors (Lipinski definition) is 0. The van der Waals surface area contributed by atoms with Gasteiger partial charge in [-0.3, -0.25) is 0 Å². The first kappa shape index (κ1) is 8.30. The number of rotatable bonds is 0. The molecular formula is C8H3Cl2FS. The molecule has 0 atom stereocenters. The van der Waals surface area contributed by atoms with Crippen molar-refractivity contribution in [1.29, 1.82) is 0 Å². The Bertz CT molecular complexity index is 436. The SMILES string of the molecule is Fc1cc(Cl)c2scc(Cl)c2c1. The van der Waals surface area contributed by atoms with Crippen LogP contribution in [0.2, 0.25) is 10.0 Å². The highest BCUT2D eigenvalue weighted by Gasteiger charge is 2.07. The van der Waals surface area contributed by atoms with Gasteiger partial charge in [0.15, 0.2) is 0 Å². The molecule has 12 heavy (non-hydrogen) atoms. The summed E-state index contributed by atoms with van der Waals surface area (Å²) in [4.78, 5) is 0. The molecule has 0 N–H and O–H groups in total. The van der Waals surface area contributed by atoms with Gasteiger partial charge in [0, 0.05) is 10.8 Å². The summed E-state index contributed by atoms with van der Waals surface area (Å²) >= 11 is 13.0. The zero-order chi connectivity index (χ0) is 8.72. The summed E-state index contributed by atoms with van der Waals surface area (Å²) < 4.78 is 13.7. The van der Waals surface area contributed by atoms with Crippen molar-refractivity contribution in [2.75, 3.05) is 0 Å². The predicted octanol–water partition coefficient (Wildman–Crippen LogP) is 4.35. The van der Waals surface area contributed by atoms with Gasteiger partial charge in [0.1, 0.15) is 5.82 Å². The fourth-order valence-corrected chi connectivity index (χ4v) is 2.53. The first-order chi connectivity index (χ1) is 5.68. The van der Waals surface area contributed by atoms with Gasteiger partial charge in [0.25, 0.3) is 0 Å². The summed E-state index contributed by atoms with van der Waals surface area (Å²) in [5, 5.41) is 3.40. The zero-order valence-corrected chi connectivity index (χ0v) is 8.10. The fourth-order valence-electron chi connectivity index (χ4n) is 1.03. The Hall–Kier alpha value is -0.310. The van der Waals surface area contributed by atoms with Crippen molar-refractivity contribution in [3.8, 4) is 0 Å². The third-order valence-electron chi connectivity index (χ3n) is 1.55. The molecule has 2 aromatic rings. The van der Waals surface area contributed by atoms with Crippen LogP contribution in [0.5, 0.6) is 0 Å². The van der Waals surface area contributed by atoms with E-state index in [1.807, 2.05) is 0 Å². The van der Waals surface area contributed by atoms with Gasteiger partial charge in [0.2, 0.25) is 0 Å². The second-order valence-corrected chi connectivity index (χ2v) is 4.04. The molecule has 0 saturated carbocycles. The summed E-state index contributed by atoms with van der Waals surface area (Å²) in [6.45, 7) is 0. The first-order valence-corrected chi connectivity index (χ1v) is 4.84. The standard InChI is InChI=1S/C8H3Cl2FS/c9-6-2-4(11)1-5-7(10)3-12-8(5)6/h1-3H. The first-order valence-electron chi connectivity index (χ1n) is 3.20. The van der Waals surface area contributed by atoms with E-state index in [1.165, 1.54) is 23.5 Å². The van der Waals surface area contributed by atoms with Crippen LogP contribution in [-0.4, -0.2) is 0 Å². The molecule has 1 heterocycles. The van der Waals surface area contributed by atoms with Crippen LogP contribution in [0.1, 0.15) is 0 Å². The summed E-state index contributed by atoms with van der Waals surface area (Å²) in [5.74, 6) is -0.354. The number of fused-ring (bicyclic) bond motifs is 1. The average molecular weight is 221 g/mol. The van der Waals surface area contributed by atoms with E-state index in [-0.39, 0.29) is 5.82 Å². The quantitative estimate of drug-likeness (QED) is 0.620. The highest BCUT2D eigenvalue weighted by Crippen LogP contribution is 2.35. The minimum absolute atomic E-state index is 0.354. The maximum atomic E-state index is 12.8. The van der Waals surface area contributed by atoms with Crippen molar-refractivity contribution in [2.45, 2.75) is 0 Å². The Labute approximate surface area is 82.5 Å². The molecule has 2 rings (SSSR count). The van der Waals surface area contributed by atoms with Gasteiger partial charge in [-0.1, -0.05) is 23.2 Å². The maximum Gasteiger partial charge on any atom is 0.125 e. The molecule has 0 saturated heterocycles.